The van der Waals surface area contributed by atoms with Crippen molar-refractivity contribution in [3.63, 3.8) is 0 Å². The molecule has 10 heteroatoms. The molecule has 5 nitrogen and oxygen atoms in total. The number of hydrogen-bond donors (Lipinski definition) is 2. The van der Waals surface area contributed by atoms with E-state index in [1.807, 2.05) is 0 Å². The number of aromatic amines is 1. The molecule has 1 aromatic heterocycles. The van der Waals surface area contributed by atoms with E-state index < -0.39 is 41.6 Å². The van der Waals surface area contributed by atoms with Gasteiger partial charge in [0.2, 0.25) is 0 Å². The van der Waals surface area contributed by atoms with Gasteiger partial charge in [-0.25, -0.2) is 13.6 Å². The summed E-state index contributed by atoms with van der Waals surface area (Å²) in [4.78, 5) is 26.2. The van der Waals surface area contributed by atoms with Crippen molar-refractivity contribution >= 4 is 5.82 Å². The smallest absolute Gasteiger partial charge is 0.364 e. The van der Waals surface area contributed by atoms with Crippen LogP contribution in [0.4, 0.5) is 27.8 Å². The Balaban J connectivity index is 1.96. The highest BCUT2D eigenvalue weighted by molar-refractivity contribution is 5.47. The molecule has 134 valence electrons. The van der Waals surface area contributed by atoms with Crippen LogP contribution >= 0.6 is 0 Å². The van der Waals surface area contributed by atoms with Crippen molar-refractivity contribution < 1.29 is 22.0 Å². The van der Waals surface area contributed by atoms with Crippen LogP contribution in [0.5, 0.6) is 0 Å². The van der Waals surface area contributed by atoms with Gasteiger partial charge in [0.25, 0.3) is 5.56 Å². The second kappa shape index (κ2) is 6.01. The van der Waals surface area contributed by atoms with Gasteiger partial charge in [-0.3, -0.25) is 14.3 Å². The molecule has 2 N–H and O–H groups in total. The van der Waals surface area contributed by atoms with Gasteiger partial charge in [0.1, 0.15) is 12.4 Å². The zero-order valence-corrected chi connectivity index (χ0v) is 12.6. The average molecular weight is 361 g/mol. The Labute approximate surface area is 137 Å². The van der Waals surface area contributed by atoms with E-state index in [-0.39, 0.29) is 28.8 Å². The molecule has 1 aromatic carbocycles. The maximum absolute atomic E-state index is 13.3. The molecule has 1 aliphatic rings. The summed E-state index contributed by atoms with van der Waals surface area (Å²) in [6, 6.07) is 2.77. The monoisotopic (exact) mass is 361 g/mol. The van der Waals surface area contributed by atoms with Gasteiger partial charge in [-0.1, -0.05) is 6.07 Å². The first-order chi connectivity index (χ1) is 11.7. The summed E-state index contributed by atoms with van der Waals surface area (Å²) in [5, 5.41) is 2.79. The Morgan fingerprint density at radius 2 is 1.88 bits per heavy atom. The lowest BCUT2D eigenvalue weighted by atomic mass is 9.95. The molecule has 0 saturated heterocycles. The van der Waals surface area contributed by atoms with Crippen molar-refractivity contribution in [1.82, 2.24) is 9.55 Å². The van der Waals surface area contributed by atoms with Gasteiger partial charge < -0.3 is 5.32 Å². The minimum atomic E-state index is -4.71. The van der Waals surface area contributed by atoms with Crippen LogP contribution in [-0.2, 0) is 13.0 Å². The number of fused-ring (bicyclic) bond motifs is 1. The first-order valence-electron chi connectivity index (χ1n) is 7.30. The zero-order chi connectivity index (χ0) is 18.4. The topological polar surface area (TPSA) is 66.9 Å². The summed E-state index contributed by atoms with van der Waals surface area (Å²) in [7, 11) is 0. The van der Waals surface area contributed by atoms with E-state index in [4.69, 9.17) is 0 Å². The molecule has 0 radical (unpaired) electrons. The van der Waals surface area contributed by atoms with Crippen LogP contribution in [0.1, 0.15) is 23.6 Å². The van der Waals surface area contributed by atoms with E-state index in [1.54, 1.807) is 0 Å². The van der Waals surface area contributed by atoms with Crippen LogP contribution in [0, 0.1) is 11.6 Å². The van der Waals surface area contributed by atoms with Crippen molar-refractivity contribution in [3.8, 4) is 0 Å². The highest BCUT2D eigenvalue weighted by Gasteiger charge is 2.32. The van der Waals surface area contributed by atoms with Gasteiger partial charge in [0.15, 0.2) is 11.6 Å². The number of aromatic nitrogens is 2. The van der Waals surface area contributed by atoms with E-state index in [1.165, 1.54) is 6.07 Å². The molecule has 0 spiro atoms. The first kappa shape index (κ1) is 17.2. The highest BCUT2D eigenvalue weighted by atomic mass is 19.4. The molecule has 1 aliphatic heterocycles. The number of rotatable bonds is 2. The summed E-state index contributed by atoms with van der Waals surface area (Å²) in [5.74, 6) is -2.06. The van der Waals surface area contributed by atoms with Crippen molar-refractivity contribution in [2.75, 3.05) is 5.32 Å². The molecule has 0 aliphatic carbocycles. The predicted molar refractivity (Wildman–Crippen MR) is 78.4 cm³/mol. The third kappa shape index (κ3) is 3.42. The lowest BCUT2D eigenvalue weighted by Gasteiger charge is -2.27. The Morgan fingerprint density at radius 3 is 2.52 bits per heavy atom. The number of nitrogens with one attached hydrogen (secondary N) is 2. The molecular weight excluding hydrogens is 349 g/mol. The molecule has 0 saturated carbocycles. The van der Waals surface area contributed by atoms with Crippen molar-refractivity contribution in [3.05, 3.63) is 61.8 Å². The number of anilines is 1. The maximum Gasteiger partial charge on any atom is 0.406 e. The number of alkyl halides is 3. The fourth-order valence-electron chi connectivity index (χ4n) is 2.80. The molecular formula is C15H12F5N3O2. The lowest BCUT2D eigenvalue weighted by molar-refractivity contribution is -0.141. The number of H-pyrrole nitrogens is 1. The molecule has 0 unspecified atom stereocenters. The van der Waals surface area contributed by atoms with Crippen molar-refractivity contribution in [2.45, 2.75) is 31.6 Å². The van der Waals surface area contributed by atoms with Crippen LogP contribution in [0.25, 0.3) is 0 Å². The minimum Gasteiger partial charge on any atom is -0.364 e. The Hall–Kier alpha value is -2.65. The largest absolute Gasteiger partial charge is 0.406 e. The second-order valence-electron chi connectivity index (χ2n) is 5.70. The second-order valence-corrected chi connectivity index (χ2v) is 5.70. The molecule has 2 aromatic rings. The first-order valence-corrected chi connectivity index (χ1v) is 7.30. The highest BCUT2D eigenvalue weighted by Crippen LogP contribution is 2.30. The molecule has 0 bridgehead atoms. The van der Waals surface area contributed by atoms with Crippen LogP contribution in [0.2, 0.25) is 0 Å². The van der Waals surface area contributed by atoms with Crippen LogP contribution < -0.4 is 16.6 Å². The molecule has 0 fully saturated rings. The van der Waals surface area contributed by atoms with E-state index in [2.05, 4.69) is 10.3 Å². The van der Waals surface area contributed by atoms with E-state index in [9.17, 15) is 31.5 Å². The normalized spacial score (nSPS) is 17.1. The molecule has 3 rings (SSSR count). The number of hydrogen-bond acceptors (Lipinski definition) is 3. The van der Waals surface area contributed by atoms with Gasteiger partial charge in [0.05, 0.1) is 11.6 Å². The summed E-state index contributed by atoms with van der Waals surface area (Å²) in [5.41, 5.74) is -1.81. The molecule has 1 atom stereocenters. The summed E-state index contributed by atoms with van der Waals surface area (Å²) < 4.78 is 63.9. The fourth-order valence-corrected chi connectivity index (χ4v) is 2.80. The van der Waals surface area contributed by atoms with Gasteiger partial charge in [0, 0.05) is 0 Å². The van der Waals surface area contributed by atoms with Gasteiger partial charge in [-0.2, -0.15) is 13.2 Å². The molecule has 2 heterocycles. The number of benzene rings is 1. The minimum absolute atomic E-state index is 0.00518. The molecule has 0 amide bonds. The van der Waals surface area contributed by atoms with Crippen LogP contribution in [0.15, 0.2) is 27.8 Å². The van der Waals surface area contributed by atoms with Crippen LogP contribution in [-0.4, -0.2) is 15.7 Å². The van der Waals surface area contributed by atoms with Crippen molar-refractivity contribution in [2.24, 2.45) is 0 Å². The SMILES string of the molecule is O=c1[nH]c2c(c(=O)n1CC(F)(F)F)CC[C@H](c1ccc(F)c(F)c1)N2. The summed E-state index contributed by atoms with van der Waals surface area (Å²) in [6.45, 7) is -1.68. The quantitative estimate of drug-likeness (QED) is 0.808. The molecule has 25 heavy (non-hydrogen) atoms. The van der Waals surface area contributed by atoms with Crippen molar-refractivity contribution in [1.29, 1.82) is 0 Å². The number of nitrogens with zero attached hydrogens (tertiary/aromatic N) is 1. The van der Waals surface area contributed by atoms with Gasteiger partial charge in [-0.15, -0.1) is 0 Å². The average Bonchev–Trinajstić information content (AvgIpc) is 2.52. The van der Waals surface area contributed by atoms with E-state index >= 15 is 0 Å². The summed E-state index contributed by atoms with van der Waals surface area (Å²) in [6.07, 6.45) is -4.35. The zero-order valence-electron chi connectivity index (χ0n) is 12.6. The standard InChI is InChI=1S/C15H12F5N3O2/c16-9-3-1-7(5-10(9)17)11-4-2-8-12(21-11)22-14(25)23(13(8)24)6-15(18,19)20/h1,3,5,11,21H,2,4,6H2,(H,22,25)/t11-/m1/s1. The third-order valence-electron chi connectivity index (χ3n) is 3.97. The maximum atomic E-state index is 13.3. The third-order valence-corrected chi connectivity index (χ3v) is 3.97. The Morgan fingerprint density at radius 1 is 1.16 bits per heavy atom. The van der Waals surface area contributed by atoms with Gasteiger partial charge in [-0.05, 0) is 30.5 Å². The Bertz CT molecular complexity index is 932. The van der Waals surface area contributed by atoms with Crippen LogP contribution in [0.3, 0.4) is 0 Å². The predicted octanol–water partition coefficient (Wildman–Crippen LogP) is 2.48. The Kier molecular flexibility index (Phi) is 4.13. The van der Waals surface area contributed by atoms with E-state index in [0.717, 1.165) is 12.1 Å². The fraction of sp³-hybridized carbons (Fsp3) is 0.333. The van der Waals surface area contributed by atoms with Gasteiger partial charge >= 0.3 is 11.9 Å². The van der Waals surface area contributed by atoms with E-state index in [0.29, 0.717) is 5.56 Å². The summed E-state index contributed by atoms with van der Waals surface area (Å²) >= 11 is 0. The lowest BCUT2D eigenvalue weighted by Crippen LogP contribution is -2.43. The number of halogens is 5.